The molecule has 5 rings (SSSR count). The van der Waals surface area contributed by atoms with E-state index < -0.39 is 10.0 Å². The molecule has 1 fully saturated rings. The van der Waals surface area contributed by atoms with Crippen LogP contribution >= 0.6 is 0 Å². The summed E-state index contributed by atoms with van der Waals surface area (Å²) in [6.45, 7) is 2.81. The Balaban J connectivity index is 1.43. The maximum atomic E-state index is 13.2. The van der Waals surface area contributed by atoms with Gasteiger partial charge in [-0.1, -0.05) is 5.16 Å². The number of nitrogens with one attached hydrogen (secondary N) is 2. The minimum atomic E-state index is -3.72. The molecule has 0 atom stereocenters. The van der Waals surface area contributed by atoms with Crippen molar-refractivity contribution in [1.82, 2.24) is 24.4 Å². The standard InChI is InChI=1S/C23H33N7O3S/c1-14(28-31)20-16-6-4-8-18(16)21(19-9-5-7-17(19)20)24-22-25-23(27-26-22)34(32,33)30-12-10-15(11-13-30)29(2)3/h15,31H,4-13H2,1-3H3,(H2,24,25,26,27)/b28-14-. The number of sulfonamides is 1. The summed E-state index contributed by atoms with van der Waals surface area (Å²) in [6.07, 6.45) is 7.42. The molecule has 0 amide bonds. The van der Waals surface area contributed by atoms with Crippen molar-refractivity contribution in [2.75, 3.05) is 32.5 Å². The Kier molecular flexibility index (Phi) is 6.11. The van der Waals surface area contributed by atoms with E-state index in [9.17, 15) is 13.6 Å². The number of aromatic amines is 1. The third-order valence-corrected chi connectivity index (χ3v) is 9.32. The van der Waals surface area contributed by atoms with E-state index in [1.165, 1.54) is 26.6 Å². The quantitative estimate of drug-likeness (QED) is 0.324. The maximum Gasteiger partial charge on any atom is 0.278 e. The summed E-state index contributed by atoms with van der Waals surface area (Å²) in [5, 5.41) is 24.4. The molecule has 10 nitrogen and oxygen atoms in total. The second kappa shape index (κ2) is 8.94. The highest BCUT2D eigenvalue weighted by molar-refractivity contribution is 7.88. The van der Waals surface area contributed by atoms with Crippen molar-refractivity contribution in [2.45, 2.75) is 69.5 Å². The monoisotopic (exact) mass is 487 g/mol. The molecule has 2 aliphatic carbocycles. The Morgan fingerprint density at radius 2 is 1.65 bits per heavy atom. The Morgan fingerprint density at radius 1 is 1.06 bits per heavy atom. The molecule has 0 spiro atoms. The first-order chi connectivity index (χ1) is 16.3. The smallest absolute Gasteiger partial charge is 0.278 e. The summed E-state index contributed by atoms with van der Waals surface area (Å²) in [7, 11) is 0.333. The highest BCUT2D eigenvalue weighted by atomic mass is 32.2. The first-order valence-corrected chi connectivity index (χ1v) is 13.5. The molecular weight excluding hydrogens is 454 g/mol. The lowest BCUT2D eigenvalue weighted by molar-refractivity contribution is 0.196. The second-order valence-corrected chi connectivity index (χ2v) is 11.6. The fourth-order valence-corrected chi connectivity index (χ4v) is 7.16. The zero-order valence-electron chi connectivity index (χ0n) is 20.1. The lowest BCUT2D eigenvalue weighted by atomic mass is 9.90. The van der Waals surface area contributed by atoms with Gasteiger partial charge < -0.3 is 15.4 Å². The number of nitrogens with zero attached hydrogens (tertiary/aromatic N) is 5. The van der Waals surface area contributed by atoms with Crippen molar-refractivity contribution in [3.63, 3.8) is 0 Å². The minimum absolute atomic E-state index is 0.119. The van der Waals surface area contributed by atoms with E-state index in [1.807, 2.05) is 21.0 Å². The van der Waals surface area contributed by atoms with Gasteiger partial charge in [0.25, 0.3) is 15.2 Å². The summed E-state index contributed by atoms with van der Waals surface area (Å²) in [4.78, 5) is 5.08. The number of anilines is 2. The highest BCUT2D eigenvalue weighted by Gasteiger charge is 2.34. The van der Waals surface area contributed by atoms with E-state index >= 15 is 0 Å². The van der Waals surface area contributed by atoms with Crippen molar-refractivity contribution in [3.05, 3.63) is 27.8 Å². The fourth-order valence-electron chi connectivity index (χ4n) is 5.85. The summed E-state index contributed by atoms with van der Waals surface area (Å²) < 4.78 is 27.8. The van der Waals surface area contributed by atoms with E-state index in [-0.39, 0.29) is 5.16 Å². The predicted octanol–water partition coefficient (Wildman–Crippen LogP) is 2.44. The molecule has 1 aromatic heterocycles. The SMILES string of the molecule is C/C(=N/O)c1c2c(c(Nc3nnc(S(=O)(=O)N4CCC(N(C)C)CC4)[nH]3)c3c1CCC3)CCC2. The van der Waals surface area contributed by atoms with E-state index in [0.29, 0.717) is 30.8 Å². The van der Waals surface area contributed by atoms with Crippen LogP contribution in [0.2, 0.25) is 0 Å². The normalized spacial score (nSPS) is 19.6. The molecule has 34 heavy (non-hydrogen) atoms. The van der Waals surface area contributed by atoms with Gasteiger partial charge in [-0.3, -0.25) is 4.98 Å². The zero-order valence-corrected chi connectivity index (χ0v) is 20.9. The van der Waals surface area contributed by atoms with Crippen molar-refractivity contribution in [1.29, 1.82) is 0 Å². The van der Waals surface area contributed by atoms with Crippen molar-refractivity contribution in [3.8, 4) is 0 Å². The Morgan fingerprint density at radius 3 is 2.21 bits per heavy atom. The van der Waals surface area contributed by atoms with Crippen molar-refractivity contribution in [2.24, 2.45) is 5.16 Å². The zero-order chi connectivity index (χ0) is 24.0. The van der Waals surface area contributed by atoms with Crippen LogP contribution in [0.25, 0.3) is 0 Å². The van der Waals surface area contributed by atoms with Crippen LogP contribution in [-0.4, -0.2) is 76.9 Å². The van der Waals surface area contributed by atoms with Crippen LogP contribution in [0, 0.1) is 0 Å². The van der Waals surface area contributed by atoms with Gasteiger partial charge in [0, 0.05) is 30.4 Å². The van der Waals surface area contributed by atoms with Gasteiger partial charge in [0.2, 0.25) is 5.95 Å². The van der Waals surface area contributed by atoms with Crippen molar-refractivity contribution >= 4 is 27.4 Å². The van der Waals surface area contributed by atoms with Crippen LogP contribution in [0.15, 0.2) is 10.3 Å². The van der Waals surface area contributed by atoms with E-state index in [4.69, 9.17) is 0 Å². The van der Waals surface area contributed by atoms with Gasteiger partial charge in [0.15, 0.2) is 0 Å². The van der Waals surface area contributed by atoms with Gasteiger partial charge >= 0.3 is 0 Å². The molecule has 1 saturated heterocycles. The molecule has 0 radical (unpaired) electrons. The predicted molar refractivity (Wildman–Crippen MR) is 130 cm³/mol. The van der Waals surface area contributed by atoms with E-state index in [2.05, 4.69) is 30.6 Å². The number of fused-ring (bicyclic) bond motifs is 2. The summed E-state index contributed by atoms with van der Waals surface area (Å²) >= 11 is 0. The third kappa shape index (κ3) is 3.89. The highest BCUT2D eigenvalue weighted by Crippen LogP contribution is 2.43. The van der Waals surface area contributed by atoms with E-state index in [1.54, 1.807) is 0 Å². The molecule has 0 unspecified atom stereocenters. The molecule has 11 heteroatoms. The van der Waals surface area contributed by atoms with Crippen molar-refractivity contribution < 1.29 is 13.6 Å². The number of aromatic nitrogens is 3. The average Bonchev–Trinajstić information content (AvgIpc) is 3.59. The Bertz CT molecular complexity index is 1190. The first kappa shape index (κ1) is 23.3. The second-order valence-electron chi connectivity index (χ2n) is 9.76. The number of piperidine rings is 1. The topological polar surface area (TPSA) is 127 Å². The van der Waals surface area contributed by atoms with Gasteiger partial charge in [0.05, 0.1) is 5.71 Å². The van der Waals surface area contributed by atoms with Crippen LogP contribution < -0.4 is 5.32 Å². The first-order valence-electron chi connectivity index (χ1n) is 12.1. The Labute approximate surface area is 200 Å². The molecule has 2 aromatic rings. The minimum Gasteiger partial charge on any atom is -0.411 e. The number of oxime groups is 1. The molecule has 1 aliphatic heterocycles. The third-order valence-electron chi connectivity index (χ3n) is 7.60. The van der Waals surface area contributed by atoms with Crippen LogP contribution in [0.5, 0.6) is 0 Å². The van der Waals surface area contributed by atoms with Crippen LogP contribution in [-0.2, 0) is 35.7 Å². The maximum absolute atomic E-state index is 13.2. The molecule has 0 saturated carbocycles. The lowest BCUT2D eigenvalue weighted by Gasteiger charge is -2.33. The number of H-pyrrole nitrogens is 1. The number of benzene rings is 1. The van der Waals surface area contributed by atoms with E-state index in [0.717, 1.165) is 62.6 Å². The summed E-state index contributed by atoms with van der Waals surface area (Å²) in [5.74, 6) is 0.338. The van der Waals surface area contributed by atoms with Gasteiger partial charge in [-0.25, -0.2) is 8.42 Å². The molecular formula is C23H33N7O3S. The molecule has 0 bridgehead atoms. The summed E-state index contributed by atoms with van der Waals surface area (Å²) in [6, 6.07) is 0.394. The number of hydrogen-bond acceptors (Lipinski definition) is 8. The molecule has 3 N–H and O–H groups in total. The molecule has 184 valence electrons. The van der Waals surface area contributed by atoms with Crippen LogP contribution in [0.3, 0.4) is 0 Å². The van der Waals surface area contributed by atoms with Gasteiger partial charge in [-0.05, 0) is 94.6 Å². The lowest BCUT2D eigenvalue weighted by Crippen LogP contribution is -2.44. The van der Waals surface area contributed by atoms with Gasteiger partial charge in [-0.15, -0.1) is 10.2 Å². The fraction of sp³-hybridized carbons (Fsp3) is 0.609. The molecule has 3 aliphatic rings. The number of rotatable bonds is 6. The van der Waals surface area contributed by atoms with Gasteiger partial charge in [-0.2, -0.15) is 4.31 Å². The van der Waals surface area contributed by atoms with Gasteiger partial charge in [0.1, 0.15) is 0 Å². The average molecular weight is 488 g/mol. The largest absolute Gasteiger partial charge is 0.411 e. The molecule has 1 aromatic carbocycles. The number of hydrogen-bond donors (Lipinski definition) is 3. The summed E-state index contributed by atoms with van der Waals surface area (Å²) in [5.41, 5.74) is 7.66. The molecule has 2 heterocycles. The van der Waals surface area contributed by atoms with Crippen LogP contribution in [0.4, 0.5) is 11.6 Å². The van der Waals surface area contributed by atoms with Crippen LogP contribution in [0.1, 0.15) is 60.4 Å². The Hall–Kier alpha value is -2.50.